The number of hydrogen-bond acceptors (Lipinski definition) is 2. The molecule has 0 aliphatic heterocycles. The largest absolute Gasteiger partial charge is 0.386 e. The molecule has 0 bridgehead atoms. The minimum absolute atomic E-state index is 0.0451. The van der Waals surface area contributed by atoms with Gasteiger partial charge >= 0.3 is 6.03 Å². The third-order valence-electron chi connectivity index (χ3n) is 1.15. The molecule has 2 amide bonds. The van der Waals surface area contributed by atoms with Crippen LogP contribution in [0.4, 0.5) is 4.79 Å². The Morgan fingerprint density at radius 3 is 2.64 bits per heavy atom. The molecule has 0 radical (unpaired) electrons. The Kier molecular flexibility index (Phi) is 4.02. The zero-order valence-corrected chi connectivity index (χ0v) is 6.77. The lowest BCUT2D eigenvalue weighted by atomic mass is 10.3. The van der Waals surface area contributed by atoms with Gasteiger partial charge in [-0.25, -0.2) is 4.79 Å². The maximum absolute atomic E-state index is 10.8. The first-order valence-corrected chi connectivity index (χ1v) is 3.46. The zero-order chi connectivity index (χ0) is 8.85. The molecule has 0 spiro atoms. The Labute approximate surface area is 65.9 Å². The molecular formula is C6H14N4O. The van der Waals surface area contributed by atoms with Gasteiger partial charge in [-0.3, -0.25) is 5.41 Å². The summed E-state index contributed by atoms with van der Waals surface area (Å²) in [6, 6.07) is -0.697. The van der Waals surface area contributed by atoms with Crippen molar-refractivity contribution in [3.05, 3.63) is 0 Å². The minimum Gasteiger partial charge on any atom is -0.386 e. The van der Waals surface area contributed by atoms with Crippen LogP contribution in [0.15, 0.2) is 0 Å². The number of rotatable bonds is 3. The smallest absolute Gasteiger partial charge is 0.315 e. The summed E-state index contributed by atoms with van der Waals surface area (Å²) in [6.07, 6.45) is 0. The van der Waals surface area contributed by atoms with E-state index in [1.165, 1.54) is 0 Å². The number of amidine groups is 1. The number of amides is 2. The second-order valence-electron chi connectivity index (χ2n) is 2.18. The SMILES string of the molecule is CCNC(=O)NC(C)C(=N)N. The Balaban J connectivity index is 3.66. The highest BCUT2D eigenvalue weighted by Crippen LogP contribution is 1.78. The first-order valence-electron chi connectivity index (χ1n) is 3.46. The molecule has 0 saturated heterocycles. The van der Waals surface area contributed by atoms with E-state index >= 15 is 0 Å². The van der Waals surface area contributed by atoms with Crippen LogP contribution in [0.2, 0.25) is 0 Å². The third-order valence-corrected chi connectivity index (χ3v) is 1.15. The molecule has 64 valence electrons. The summed E-state index contributed by atoms with van der Waals surface area (Å²) in [6.45, 7) is 4.03. The molecule has 0 rings (SSSR count). The molecule has 0 aromatic heterocycles. The van der Waals surface area contributed by atoms with Crippen molar-refractivity contribution in [2.75, 3.05) is 6.54 Å². The van der Waals surface area contributed by atoms with E-state index in [9.17, 15) is 4.79 Å². The van der Waals surface area contributed by atoms with Crippen LogP contribution in [0.3, 0.4) is 0 Å². The standard InChI is InChI=1S/C6H14N4O/c1-3-9-6(11)10-4(2)5(7)8/h4H,3H2,1-2H3,(H3,7,8)(H2,9,10,11). The Bertz CT molecular complexity index is 157. The average Bonchev–Trinajstić information content (AvgIpc) is 1.87. The van der Waals surface area contributed by atoms with Crippen LogP contribution in [0.25, 0.3) is 0 Å². The first kappa shape index (κ1) is 9.74. The number of urea groups is 1. The van der Waals surface area contributed by atoms with Crippen molar-refractivity contribution < 1.29 is 4.79 Å². The molecular weight excluding hydrogens is 144 g/mol. The fraction of sp³-hybridized carbons (Fsp3) is 0.667. The second-order valence-corrected chi connectivity index (χ2v) is 2.18. The molecule has 0 aliphatic carbocycles. The quantitative estimate of drug-likeness (QED) is 0.333. The predicted molar refractivity (Wildman–Crippen MR) is 43.6 cm³/mol. The average molecular weight is 158 g/mol. The van der Waals surface area contributed by atoms with Crippen LogP contribution in [0.1, 0.15) is 13.8 Å². The highest BCUT2D eigenvalue weighted by molar-refractivity contribution is 5.87. The number of nitrogens with two attached hydrogens (primary N) is 1. The lowest BCUT2D eigenvalue weighted by Crippen LogP contribution is -2.46. The van der Waals surface area contributed by atoms with Crippen molar-refractivity contribution >= 4 is 11.9 Å². The second kappa shape index (κ2) is 4.54. The van der Waals surface area contributed by atoms with Crippen molar-refractivity contribution in [3.8, 4) is 0 Å². The van der Waals surface area contributed by atoms with Gasteiger partial charge in [-0.1, -0.05) is 0 Å². The van der Waals surface area contributed by atoms with E-state index in [1.54, 1.807) is 6.92 Å². The molecule has 5 N–H and O–H groups in total. The maximum Gasteiger partial charge on any atom is 0.315 e. The van der Waals surface area contributed by atoms with Crippen LogP contribution in [-0.4, -0.2) is 24.5 Å². The van der Waals surface area contributed by atoms with Gasteiger partial charge in [0.2, 0.25) is 0 Å². The summed E-state index contributed by atoms with van der Waals surface area (Å²) in [5.41, 5.74) is 5.12. The van der Waals surface area contributed by atoms with Gasteiger partial charge in [0.05, 0.1) is 6.04 Å². The monoisotopic (exact) mass is 158 g/mol. The van der Waals surface area contributed by atoms with Gasteiger partial charge in [0.1, 0.15) is 5.84 Å². The van der Waals surface area contributed by atoms with Gasteiger partial charge in [-0.05, 0) is 13.8 Å². The number of hydrogen-bond donors (Lipinski definition) is 4. The van der Waals surface area contributed by atoms with Crippen LogP contribution in [0, 0.1) is 5.41 Å². The highest BCUT2D eigenvalue weighted by Gasteiger charge is 2.06. The lowest BCUT2D eigenvalue weighted by Gasteiger charge is -2.11. The molecule has 0 saturated carbocycles. The molecule has 0 aliphatic rings. The summed E-state index contributed by atoms with van der Waals surface area (Å²) >= 11 is 0. The fourth-order valence-electron chi connectivity index (χ4n) is 0.486. The summed E-state index contributed by atoms with van der Waals surface area (Å²) in [5, 5.41) is 12.0. The van der Waals surface area contributed by atoms with Crippen molar-refractivity contribution in [1.29, 1.82) is 5.41 Å². The molecule has 0 heterocycles. The molecule has 0 aromatic rings. The molecule has 0 fully saturated rings. The first-order chi connectivity index (χ1) is 5.07. The van der Waals surface area contributed by atoms with E-state index < -0.39 is 6.04 Å². The van der Waals surface area contributed by atoms with E-state index in [1.807, 2.05) is 6.92 Å². The van der Waals surface area contributed by atoms with Gasteiger partial charge < -0.3 is 16.4 Å². The topological polar surface area (TPSA) is 91.0 Å². The van der Waals surface area contributed by atoms with E-state index in [0.29, 0.717) is 6.54 Å². The van der Waals surface area contributed by atoms with Crippen LogP contribution >= 0.6 is 0 Å². The predicted octanol–water partition coefficient (Wildman–Crippen LogP) is -0.370. The van der Waals surface area contributed by atoms with E-state index in [-0.39, 0.29) is 11.9 Å². The van der Waals surface area contributed by atoms with Gasteiger partial charge in [0.25, 0.3) is 0 Å². The van der Waals surface area contributed by atoms with Gasteiger partial charge in [-0.2, -0.15) is 0 Å². The van der Waals surface area contributed by atoms with Gasteiger partial charge in [-0.15, -0.1) is 0 Å². The maximum atomic E-state index is 10.8. The van der Waals surface area contributed by atoms with E-state index in [4.69, 9.17) is 11.1 Å². The summed E-state index contributed by atoms with van der Waals surface area (Å²) in [4.78, 5) is 10.8. The minimum atomic E-state index is -0.401. The molecule has 1 unspecified atom stereocenters. The Hall–Kier alpha value is -1.26. The molecule has 0 aromatic carbocycles. The van der Waals surface area contributed by atoms with Crippen LogP contribution in [0.5, 0.6) is 0 Å². The van der Waals surface area contributed by atoms with Gasteiger partial charge in [0.15, 0.2) is 0 Å². The van der Waals surface area contributed by atoms with Crippen molar-refractivity contribution in [2.24, 2.45) is 5.73 Å². The highest BCUT2D eigenvalue weighted by atomic mass is 16.2. The van der Waals surface area contributed by atoms with Crippen molar-refractivity contribution in [3.63, 3.8) is 0 Å². The number of nitrogens with one attached hydrogen (secondary N) is 3. The molecule has 1 atom stereocenters. The van der Waals surface area contributed by atoms with Crippen molar-refractivity contribution in [2.45, 2.75) is 19.9 Å². The summed E-state index contributed by atoms with van der Waals surface area (Å²) in [7, 11) is 0. The van der Waals surface area contributed by atoms with Crippen LogP contribution in [-0.2, 0) is 0 Å². The molecule has 11 heavy (non-hydrogen) atoms. The Morgan fingerprint density at radius 1 is 1.73 bits per heavy atom. The molecule has 5 heteroatoms. The molecule has 5 nitrogen and oxygen atoms in total. The number of carbonyl (C=O) groups excluding carboxylic acids is 1. The van der Waals surface area contributed by atoms with E-state index in [0.717, 1.165) is 0 Å². The summed E-state index contributed by atoms with van der Waals surface area (Å²) in [5.74, 6) is -0.0451. The third kappa shape index (κ3) is 4.19. The Morgan fingerprint density at radius 2 is 2.27 bits per heavy atom. The van der Waals surface area contributed by atoms with Crippen LogP contribution < -0.4 is 16.4 Å². The van der Waals surface area contributed by atoms with Crippen molar-refractivity contribution in [1.82, 2.24) is 10.6 Å². The van der Waals surface area contributed by atoms with Gasteiger partial charge in [0, 0.05) is 6.54 Å². The summed E-state index contributed by atoms with van der Waals surface area (Å²) < 4.78 is 0. The normalized spacial score (nSPS) is 11.8. The fourth-order valence-corrected chi connectivity index (χ4v) is 0.486. The number of carbonyl (C=O) groups is 1. The lowest BCUT2D eigenvalue weighted by molar-refractivity contribution is 0.240. The zero-order valence-electron chi connectivity index (χ0n) is 6.77. The van der Waals surface area contributed by atoms with E-state index in [2.05, 4.69) is 10.6 Å².